The molecule has 0 spiro atoms. The number of nitrogens with zero attached hydrogens (tertiary/aromatic N) is 2. The van der Waals surface area contributed by atoms with Crippen molar-refractivity contribution in [3.8, 4) is 28.2 Å². The summed E-state index contributed by atoms with van der Waals surface area (Å²) in [6, 6.07) is 32.6. The molecule has 0 aliphatic heterocycles. The van der Waals surface area contributed by atoms with Crippen LogP contribution in [-0.2, 0) is 11.8 Å². The van der Waals surface area contributed by atoms with Crippen molar-refractivity contribution in [1.82, 2.24) is 9.55 Å². The van der Waals surface area contributed by atoms with Crippen molar-refractivity contribution in [2.24, 2.45) is 5.41 Å². The van der Waals surface area contributed by atoms with Crippen LogP contribution in [0.2, 0.25) is 0 Å². The maximum Gasteiger partial charge on any atom is 0.149 e. The predicted molar refractivity (Wildman–Crippen MR) is 164 cm³/mol. The van der Waals surface area contributed by atoms with Crippen LogP contribution in [0.5, 0.6) is 0 Å². The molecular formula is C36H36N2O. The van der Waals surface area contributed by atoms with Gasteiger partial charge in [0.25, 0.3) is 0 Å². The van der Waals surface area contributed by atoms with Gasteiger partial charge < -0.3 is 4.42 Å². The highest BCUT2D eigenvalue weighted by molar-refractivity contribution is 5.95. The van der Waals surface area contributed by atoms with Gasteiger partial charge in [0.05, 0.1) is 16.6 Å². The van der Waals surface area contributed by atoms with Gasteiger partial charge in [-0.15, -0.1) is 0 Å². The van der Waals surface area contributed by atoms with E-state index in [4.69, 9.17) is 9.40 Å². The van der Waals surface area contributed by atoms with Crippen molar-refractivity contribution in [3.63, 3.8) is 0 Å². The van der Waals surface area contributed by atoms with Crippen molar-refractivity contribution in [1.29, 1.82) is 0 Å². The summed E-state index contributed by atoms with van der Waals surface area (Å²) in [6.07, 6.45) is 2.86. The fourth-order valence-corrected chi connectivity index (χ4v) is 5.41. The molecular weight excluding hydrogens is 476 g/mol. The van der Waals surface area contributed by atoms with E-state index in [2.05, 4.69) is 131 Å². The van der Waals surface area contributed by atoms with Crippen LogP contribution in [0.4, 0.5) is 0 Å². The van der Waals surface area contributed by atoms with Gasteiger partial charge in [-0.2, -0.15) is 0 Å². The van der Waals surface area contributed by atoms with E-state index in [1.165, 1.54) is 22.3 Å². The van der Waals surface area contributed by atoms with Crippen molar-refractivity contribution < 1.29 is 4.42 Å². The minimum Gasteiger partial charge on any atom is -0.464 e. The van der Waals surface area contributed by atoms with Gasteiger partial charge in [0.15, 0.2) is 0 Å². The number of para-hydroxylation sites is 2. The largest absolute Gasteiger partial charge is 0.464 e. The Labute approximate surface area is 231 Å². The second kappa shape index (κ2) is 9.27. The molecule has 0 amide bonds. The Kier molecular flexibility index (Phi) is 5.99. The molecule has 0 saturated heterocycles. The number of furan rings is 1. The van der Waals surface area contributed by atoms with Gasteiger partial charge in [-0.25, -0.2) is 4.98 Å². The summed E-state index contributed by atoms with van der Waals surface area (Å²) in [7, 11) is 0. The first-order valence-corrected chi connectivity index (χ1v) is 13.8. The third-order valence-corrected chi connectivity index (χ3v) is 7.38. The van der Waals surface area contributed by atoms with Crippen LogP contribution in [0.25, 0.3) is 50.2 Å². The van der Waals surface area contributed by atoms with E-state index in [9.17, 15) is 0 Å². The highest BCUT2D eigenvalue weighted by atomic mass is 16.3. The molecule has 0 bridgehead atoms. The molecule has 0 atom stereocenters. The molecule has 3 nitrogen and oxygen atoms in total. The molecule has 0 N–H and O–H groups in total. The van der Waals surface area contributed by atoms with Crippen LogP contribution in [0, 0.1) is 5.41 Å². The van der Waals surface area contributed by atoms with Crippen LogP contribution in [-0.4, -0.2) is 9.55 Å². The number of hydrogen-bond donors (Lipinski definition) is 0. The second-order valence-corrected chi connectivity index (χ2v) is 12.9. The maximum atomic E-state index is 6.03. The van der Waals surface area contributed by atoms with E-state index >= 15 is 0 Å². The molecule has 0 aliphatic rings. The third-order valence-electron chi connectivity index (χ3n) is 7.38. The number of imidazole rings is 1. The molecule has 2 aromatic heterocycles. The lowest BCUT2D eigenvalue weighted by atomic mass is 9.86. The molecule has 0 fully saturated rings. The molecule has 4 aromatic carbocycles. The van der Waals surface area contributed by atoms with Crippen LogP contribution >= 0.6 is 0 Å². The minimum atomic E-state index is 0.145. The summed E-state index contributed by atoms with van der Waals surface area (Å²) < 4.78 is 8.29. The number of aromatic nitrogens is 2. The average molecular weight is 513 g/mol. The summed E-state index contributed by atoms with van der Waals surface area (Å²) in [5, 5.41) is 1.10. The molecule has 39 heavy (non-hydrogen) atoms. The summed E-state index contributed by atoms with van der Waals surface area (Å²) in [5.74, 6) is 0.894. The fourth-order valence-electron chi connectivity index (χ4n) is 5.41. The number of hydrogen-bond acceptors (Lipinski definition) is 2. The molecule has 0 radical (unpaired) electrons. The Bertz CT molecular complexity index is 1770. The zero-order valence-electron chi connectivity index (χ0n) is 23.7. The Balaban J connectivity index is 1.45. The molecule has 0 saturated carbocycles. The quantitative estimate of drug-likeness (QED) is 0.235. The highest BCUT2D eigenvalue weighted by Crippen LogP contribution is 2.36. The second-order valence-electron chi connectivity index (χ2n) is 12.9. The van der Waals surface area contributed by atoms with E-state index in [1.807, 2.05) is 12.3 Å². The van der Waals surface area contributed by atoms with E-state index in [0.717, 1.165) is 45.5 Å². The summed E-state index contributed by atoms with van der Waals surface area (Å²) in [4.78, 5) is 5.10. The zero-order chi connectivity index (χ0) is 27.4. The van der Waals surface area contributed by atoms with Crippen molar-refractivity contribution in [2.75, 3.05) is 0 Å². The molecule has 0 unspecified atom stereocenters. The minimum absolute atomic E-state index is 0.145. The Morgan fingerprint density at radius 1 is 0.744 bits per heavy atom. The topological polar surface area (TPSA) is 31.0 Å². The van der Waals surface area contributed by atoms with E-state index in [1.54, 1.807) is 0 Å². The molecule has 2 heterocycles. The van der Waals surface area contributed by atoms with Crippen molar-refractivity contribution in [3.05, 3.63) is 108 Å². The van der Waals surface area contributed by atoms with Crippen molar-refractivity contribution in [2.45, 2.75) is 53.4 Å². The summed E-state index contributed by atoms with van der Waals surface area (Å²) in [5.41, 5.74) is 10.4. The van der Waals surface area contributed by atoms with Gasteiger partial charge in [-0.05, 0) is 75.9 Å². The Hall–Kier alpha value is -4.11. The first-order chi connectivity index (χ1) is 18.6. The van der Waals surface area contributed by atoms with Gasteiger partial charge in [-0.1, -0.05) is 96.1 Å². The first kappa shape index (κ1) is 25.2. The molecule has 6 rings (SSSR count). The molecule has 6 aromatic rings. The average Bonchev–Trinajstić information content (AvgIpc) is 3.48. The van der Waals surface area contributed by atoms with Crippen LogP contribution in [0.3, 0.4) is 0 Å². The predicted octanol–water partition coefficient (Wildman–Crippen LogP) is 9.99. The maximum absolute atomic E-state index is 6.03. The summed E-state index contributed by atoms with van der Waals surface area (Å²) in [6.45, 7) is 13.6. The van der Waals surface area contributed by atoms with Gasteiger partial charge in [0, 0.05) is 11.1 Å². The number of rotatable bonds is 4. The Morgan fingerprint density at radius 3 is 2.08 bits per heavy atom. The van der Waals surface area contributed by atoms with Gasteiger partial charge in [0.1, 0.15) is 17.7 Å². The lowest BCUT2D eigenvalue weighted by molar-refractivity contribution is 0.411. The SMILES string of the molecule is CC(C)(C)Cc1ccc2occ(-c3nc4ccccc4n3-c3ccc(-c4ccc(C(C)(C)C)cc4)cc3)c2c1. The zero-order valence-corrected chi connectivity index (χ0v) is 23.7. The first-order valence-electron chi connectivity index (χ1n) is 13.8. The Morgan fingerprint density at radius 2 is 1.41 bits per heavy atom. The normalized spacial score (nSPS) is 12.5. The number of fused-ring (bicyclic) bond motifs is 2. The monoisotopic (exact) mass is 512 g/mol. The van der Waals surface area contributed by atoms with Crippen LogP contribution in [0.15, 0.2) is 102 Å². The molecule has 196 valence electrons. The smallest absolute Gasteiger partial charge is 0.149 e. The van der Waals surface area contributed by atoms with Crippen molar-refractivity contribution >= 4 is 22.0 Å². The highest BCUT2D eigenvalue weighted by Gasteiger charge is 2.20. The van der Waals surface area contributed by atoms with Crippen LogP contribution < -0.4 is 0 Å². The van der Waals surface area contributed by atoms with Crippen LogP contribution in [0.1, 0.15) is 52.7 Å². The summed E-state index contributed by atoms with van der Waals surface area (Å²) >= 11 is 0. The van der Waals surface area contributed by atoms with E-state index < -0.39 is 0 Å². The van der Waals surface area contributed by atoms with Gasteiger partial charge in [0.2, 0.25) is 0 Å². The fraction of sp³-hybridized carbons (Fsp3) is 0.250. The third kappa shape index (κ3) is 4.90. The standard InChI is InChI=1S/C36H36N2O/c1-35(2,3)22-24-11-20-33-29(21-24)30(23-39-33)34-37-31-9-7-8-10-32(31)38(34)28-18-14-26(15-19-28)25-12-16-27(17-13-25)36(4,5)6/h7-21,23H,22H2,1-6H3. The van der Waals surface area contributed by atoms with E-state index in [0.29, 0.717) is 0 Å². The molecule has 0 aliphatic carbocycles. The van der Waals surface area contributed by atoms with E-state index in [-0.39, 0.29) is 10.8 Å². The van der Waals surface area contributed by atoms with Gasteiger partial charge in [-0.3, -0.25) is 4.57 Å². The lowest BCUT2D eigenvalue weighted by Crippen LogP contribution is -2.10. The molecule has 3 heteroatoms. The number of benzene rings is 4. The van der Waals surface area contributed by atoms with Gasteiger partial charge >= 0.3 is 0 Å². The lowest BCUT2D eigenvalue weighted by Gasteiger charge is -2.19.